The summed E-state index contributed by atoms with van der Waals surface area (Å²) in [5, 5.41) is 15.3. The van der Waals surface area contributed by atoms with Crippen molar-refractivity contribution in [3.8, 4) is 11.4 Å². The summed E-state index contributed by atoms with van der Waals surface area (Å²) >= 11 is 7.13. The molecule has 18 heavy (non-hydrogen) atoms. The first-order valence-electron chi connectivity index (χ1n) is 4.98. The van der Waals surface area contributed by atoms with Crippen molar-refractivity contribution < 1.29 is 9.90 Å². The Labute approximate surface area is 110 Å². The fraction of sp³-hybridized carbons (Fsp3) is 0. The van der Waals surface area contributed by atoms with E-state index in [1.165, 1.54) is 21.2 Å². The monoisotopic (exact) mass is 279 g/mol. The van der Waals surface area contributed by atoms with Crippen LogP contribution < -0.4 is 0 Å². The molecule has 5 nitrogen and oxygen atoms in total. The largest absolute Gasteiger partial charge is 0.476 e. The average Bonchev–Trinajstić information content (AvgIpc) is 2.87. The van der Waals surface area contributed by atoms with E-state index in [9.17, 15) is 4.79 Å². The third-order valence-electron chi connectivity index (χ3n) is 2.38. The van der Waals surface area contributed by atoms with E-state index in [0.717, 1.165) is 5.56 Å². The van der Waals surface area contributed by atoms with Gasteiger partial charge in [-0.15, -0.1) is 16.4 Å². The zero-order valence-electron chi connectivity index (χ0n) is 8.87. The molecule has 3 aromatic rings. The van der Waals surface area contributed by atoms with Gasteiger partial charge in [-0.05, 0) is 12.1 Å². The minimum Gasteiger partial charge on any atom is -0.476 e. The SMILES string of the molecule is O=C(O)c1csc2nc(-c3cccc(Cl)c3)nn12. The van der Waals surface area contributed by atoms with Gasteiger partial charge in [-0.2, -0.15) is 9.50 Å². The number of hydrogen-bond acceptors (Lipinski definition) is 4. The molecule has 1 aromatic carbocycles. The molecule has 2 heterocycles. The van der Waals surface area contributed by atoms with Crippen LogP contribution in [-0.4, -0.2) is 25.7 Å². The topological polar surface area (TPSA) is 67.5 Å². The number of fused-ring (bicyclic) bond motifs is 1. The predicted octanol–water partition coefficient (Wildman–Crippen LogP) is 2.81. The molecule has 0 aliphatic heterocycles. The standard InChI is InChI=1S/C11H6ClN3O2S/c12-7-3-1-2-6(4-7)9-13-11-15(14-9)8(5-18-11)10(16)17/h1-5H,(H,16,17). The molecule has 0 radical (unpaired) electrons. The highest BCUT2D eigenvalue weighted by atomic mass is 35.5. The van der Waals surface area contributed by atoms with Gasteiger partial charge in [0, 0.05) is 16.0 Å². The number of benzene rings is 1. The van der Waals surface area contributed by atoms with Gasteiger partial charge in [0.25, 0.3) is 0 Å². The van der Waals surface area contributed by atoms with Crippen molar-refractivity contribution in [2.24, 2.45) is 0 Å². The number of aromatic carboxylic acids is 1. The Morgan fingerprint density at radius 1 is 1.44 bits per heavy atom. The van der Waals surface area contributed by atoms with Crippen LogP contribution in [0.5, 0.6) is 0 Å². The zero-order valence-corrected chi connectivity index (χ0v) is 10.4. The first-order chi connectivity index (χ1) is 8.65. The van der Waals surface area contributed by atoms with E-state index in [1.807, 2.05) is 6.07 Å². The summed E-state index contributed by atoms with van der Waals surface area (Å²) in [6.45, 7) is 0. The third kappa shape index (κ3) is 1.75. The molecule has 0 bridgehead atoms. The number of rotatable bonds is 2. The fourth-order valence-electron chi connectivity index (χ4n) is 1.58. The molecule has 0 saturated heterocycles. The van der Waals surface area contributed by atoms with Gasteiger partial charge in [0.05, 0.1) is 0 Å². The summed E-state index contributed by atoms with van der Waals surface area (Å²) in [6.07, 6.45) is 0. The molecule has 1 N–H and O–H groups in total. The van der Waals surface area contributed by atoms with Gasteiger partial charge < -0.3 is 5.11 Å². The lowest BCUT2D eigenvalue weighted by Crippen LogP contribution is -2.01. The van der Waals surface area contributed by atoms with Crippen LogP contribution in [0.2, 0.25) is 5.02 Å². The number of carboxylic acid groups (broad SMARTS) is 1. The van der Waals surface area contributed by atoms with Crippen LogP contribution in [0.4, 0.5) is 0 Å². The second-order valence-electron chi connectivity index (χ2n) is 3.57. The minimum absolute atomic E-state index is 0.107. The highest BCUT2D eigenvalue weighted by molar-refractivity contribution is 7.15. The van der Waals surface area contributed by atoms with Crippen molar-refractivity contribution in [2.45, 2.75) is 0 Å². The van der Waals surface area contributed by atoms with E-state index in [-0.39, 0.29) is 5.69 Å². The zero-order chi connectivity index (χ0) is 12.7. The molecule has 0 saturated carbocycles. The third-order valence-corrected chi connectivity index (χ3v) is 3.43. The Balaban J connectivity index is 2.17. The summed E-state index contributed by atoms with van der Waals surface area (Å²) < 4.78 is 1.32. The molecular formula is C11H6ClN3O2S. The van der Waals surface area contributed by atoms with E-state index in [2.05, 4.69) is 10.1 Å². The number of aromatic nitrogens is 3. The number of hydrogen-bond donors (Lipinski definition) is 1. The van der Waals surface area contributed by atoms with Crippen molar-refractivity contribution >= 4 is 33.9 Å². The summed E-state index contributed by atoms with van der Waals surface area (Å²) in [4.78, 5) is 15.8. The molecule has 3 rings (SSSR count). The van der Waals surface area contributed by atoms with Crippen molar-refractivity contribution in [3.05, 3.63) is 40.4 Å². The van der Waals surface area contributed by atoms with Crippen LogP contribution in [0.15, 0.2) is 29.6 Å². The van der Waals surface area contributed by atoms with E-state index < -0.39 is 5.97 Å². The smallest absolute Gasteiger partial charge is 0.355 e. The van der Waals surface area contributed by atoms with Crippen molar-refractivity contribution in [1.82, 2.24) is 14.6 Å². The minimum atomic E-state index is -1.02. The number of thiazole rings is 1. The average molecular weight is 280 g/mol. The summed E-state index contributed by atoms with van der Waals surface area (Å²) in [5.74, 6) is -0.560. The quantitative estimate of drug-likeness (QED) is 0.783. The molecule has 0 spiro atoms. The van der Waals surface area contributed by atoms with Gasteiger partial charge in [-0.3, -0.25) is 0 Å². The van der Waals surface area contributed by atoms with Gasteiger partial charge >= 0.3 is 5.97 Å². The highest BCUT2D eigenvalue weighted by Gasteiger charge is 2.15. The molecule has 90 valence electrons. The summed E-state index contributed by atoms with van der Waals surface area (Å²) in [7, 11) is 0. The maximum Gasteiger partial charge on any atom is 0.355 e. The number of nitrogens with zero attached hydrogens (tertiary/aromatic N) is 3. The van der Waals surface area contributed by atoms with Crippen LogP contribution in [0.25, 0.3) is 16.3 Å². The molecule has 0 aliphatic rings. The van der Waals surface area contributed by atoms with Crippen LogP contribution in [-0.2, 0) is 0 Å². The van der Waals surface area contributed by atoms with E-state index >= 15 is 0 Å². The lowest BCUT2D eigenvalue weighted by molar-refractivity contribution is 0.0688. The lowest BCUT2D eigenvalue weighted by Gasteiger charge is -1.95. The Kier molecular flexibility index (Phi) is 2.53. The maximum atomic E-state index is 11.0. The first-order valence-corrected chi connectivity index (χ1v) is 6.24. The molecule has 2 aromatic heterocycles. The Morgan fingerprint density at radius 3 is 3.00 bits per heavy atom. The maximum absolute atomic E-state index is 11.0. The van der Waals surface area contributed by atoms with Gasteiger partial charge in [-0.25, -0.2) is 4.79 Å². The second kappa shape index (κ2) is 4.08. The first kappa shape index (κ1) is 11.2. The Hall–Kier alpha value is -1.92. The number of carbonyl (C=O) groups is 1. The van der Waals surface area contributed by atoms with Gasteiger partial charge in [-0.1, -0.05) is 23.7 Å². The van der Waals surface area contributed by atoms with Gasteiger partial charge in [0.2, 0.25) is 4.96 Å². The molecule has 0 amide bonds. The fourth-order valence-corrected chi connectivity index (χ4v) is 2.57. The molecule has 0 atom stereocenters. The second-order valence-corrected chi connectivity index (χ2v) is 4.84. The molecule has 7 heteroatoms. The molecular weight excluding hydrogens is 274 g/mol. The van der Waals surface area contributed by atoms with Crippen LogP contribution >= 0.6 is 22.9 Å². The van der Waals surface area contributed by atoms with Crippen LogP contribution in [0, 0.1) is 0 Å². The normalized spacial score (nSPS) is 10.9. The van der Waals surface area contributed by atoms with Crippen molar-refractivity contribution in [2.75, 3.05) is 0 Å². The predicted molar refractivity (Wildman–Crippen MR) is 68.3 cm³/mol. The van der Waals surface area contributed by atoms with Crippen molar-refractivity contribution in [1.29, 1.82) is 0 Å². The van der Waals surface area contributed by atoms with E-state index in [0.29, 0.717) is 15.8 Å². The Bertz CT molecular complexity index is 750. The summed E-state index contributed by atoms with van der Waals surface area (Å²) in [6, 6.07) is 7.12. The van der Waals surface area contributed by atoms with Crippen LogP contribution in [0.3, 0.4) is 0 Å². The van der Waals surface area contributed by atoms with Gasteiger partial charge in [0.15, 0.2) is 11.5 Å². The Morgan fingerprint density at radius 2 is 2.28 bits per heavy atom. The number of carboxylic acids is 1. The molecule has 0 fully saturated rings. The van der Waals surface area contributed by atoms with Gasteiger partial charge in [0.1, 0.15) is 0 Å². The molecule has 0 aliphatic carbocycles. The number of halogens is 1. The lowest BCUT2D eigenvalue weighted by atomic mass is 10.2. The molecule has 0 unspecified atom stereocenters. The van der Waals surface area contributed by atoms with Crippen molar-refractivity contribution in [3.63, 3.8) is 0 Å². The summed E-state index contributed by atoms with van der Waals surface area (Å²) in [5.41, 5.74) is 0.866. The highest BCUT2D eigenvalue weighted by Crippen LogP contribution is 2.23. The van der Waals surface area contributed by atoms with Crippen LogP contribution in [0.1, 0.15) is 10.5 Å². The van der Waals surface area contributed by atoms with E-state index in [1.54, 1.807) is 18.2 Å². The van der Waals surface area contributed by atoms with E-state index in [4.69, 9.17) is 16.7 Å².